The molecule has 2 aromatic rings. The van der Waals surface area contributed by atoms with Crippen molar-refractivity contribution in [1.82, 2.24) is 20.3 Å². The number of benzene rings is 1. The van der Waals surface area contributed by atoms with Crippen LogP contribution in [0, 0.1) is 0 Å². The number of aromatic nitrogens is 3. The maximum absolute atomic E-state index is 11.8. The zero-order valence-corrected chi connectivity index (χ0v) is 15.7. The first-order valence-electron chi connectivity index (χ1n) is 7.51. The molecule has 0 spiro atoms. The van der Waals surface area contributed by atoms with Gasteiger partial charge in [0.1, 0.15) is 12.4 Å². The highest BCUT2D eigenvalue weighted by Crippen LogP contribution is 2.27. The largest absolute Gasteiger partial charge is 0.482 e. The summed E-state index contributed by atoms with van der Waals surface area (Å²) in [6, 6.07) is 4.83. The molecule has 9 nitrogen and oxygen atoms in total. The van der Waals surface area contributed by atoms with Crippen molar-refractivity contribution in [3.8, 4) is 11.8 Å². The predicted octanol–water partition coefficient (Wildman–Crippen LogP) is 1.40. The van der Waals surface area contributed by atoms with Crippen LogP contribution in [0.5, 0.6) is 11.8 Å². The van der Waals surface area contributed by atoms with E-state index in [1.165, 1.54) is 6.07 Å². The van der Waals surface area contributed by atoms with E-state index in [1.54, 1.807) is 31.1 Å². The quantitative estimate of drug-likeness (QED) is 0.638. The van der Waals surface area contributed by atoms with Crippen LogP contribution in [-0.4, -0.2) is 54.7 Å². The molecule has 1 aromatic heterocycles. The van der Waals surface area contributed by atoms with Crippen LogP contribution in [0.4, 0.5) is 11.9 Å². The monoisotopic (exact) mass is 400 g/mol. The highest BCUT2D eigenvalue weighted by atomic mass is 35.5. The molecule has 140 valence electrons. The van der Waals surface area contributed by atoms with E-state index in [2.05, 4.69) is 20.3 Å². The fourth-order valence-corrected chi connectivity index (χ4v) is 2.21. The molecule has 0 bridgehead atoms. The highest BCUT2D eigenvalue weighted by molar-refractivity contribution is 6.35. The molecule has 3 N–H and O–H groups in total. The summed E-state index contributed by atoms with van der Waals surface area (Å²) in [6.45, 7) is 0.202. The number of hydrogen-bond acceptors (Lipinski definition) is 8. The number of nitrogens with one attached hydrogen (secondary N) is 1. The van der Waals surface area contributed by atoms with Gasteiger partial charge in [-0.25, -0.2) is 0 Å². The summed E-state index contributed by atoms with van der Waals surface area (Å²) < 4.78 is 10.7. The minimum atomic E-state index is -0.330. The van der Waals surface area contributed by atoms with Crippen LogP contribution >= 0.6 is 23.2 Å². The lowest BCUT2D eigenvalue weighted by Gasteiger charge is -2.12. The molecule has 0 aliphatic carbocycles. The standard InChI is InChI=1S/C15H18Cl2N6O3/c1-23(2)14-20-13(18)21-15(22-14)25-6-5-19-12(24)8-26-11-4-3-9(16)7-10(11)17/h3-4,7H,5-6,8H2,1-2H3,(H,19,24)(H2,18,20,21,22). The molecule has 0 unspecified atom stereocenters. The zero-order valence-electron chi connectivity index (χ0n) is 14.2. The summed E-state index contributed by atoms with van der Waals surface area (Å²) in [6.07, 6.45) is 0. The molecule has 0 radical (unpaired) electrons. The lowest BCUT2D eigenvalue weighted by molar-refractivity contribution is -0.123. The Morgan fingerprint density at radius 3 is 2.69 bits per heavy atom. The smallest absolute Gasteiger partial charge is 0.323 e. The minimum Gasteiger partial charge on any atom is -0.482 e. The summed E-state index contributed by atoms with van der Waals surface area (Å²) >= 11 is 11.8. The van der Waals surface area contributed by atoms with Gasteiger partial charge in [0.2, 0.25) is 11.9 Å². The predicted molar refractivity (Wildman–Crippen MR) is 99.0 cm³/mol. The summed E-state index contributed by atoms with van der Waals surface area (Å²) in [4.78, 5) is 25.3. The zero-order chi connectivity index (χ0) is 19.1. The second-order valence-corrected chi connectivity index (χ2v) is 6.08. The van der Waals surface area contributed by atoms with Crippen LogP contribution in [0.2, 0.25) is 10.0 Å². The Labute approximate surface area is 160 Å². The Bertz CT molecular complexity index is 775. The van der Waals surface area contributed by atoms with Crippen LogP contribution in [0.1, 0.15) is 0 Å². The number of halogens is 2. The SMILES string of the molecule is CN(C)c1nc(N)nc(OCCNC(=O)COc2ccc(Cl)cc2Cl)n1. The van der Waals surface area contributed by atoms with Gasteiger partial charge in [-0.3, -0.25) is 4.79 Å². The Balaban J connectivity index is 1.73. The fraction of sp³-hybridized carbons (Fsp3) is 0.333. The van der Waals surface area contributed by atoms with Crippen molar-refractivity contribution in [2.75, 3.05) is 44.5 Å². The van der Waals surface area contributed by atoms with E-state index >= 15 is 0 Å². The van der Waals surface area contributed by atoms with Gasteiger partial charge in [-0.1, -0.05) is 23.2 Å². The van der Waals surface area contributed by atoms with Crippen LogP contribution < -0.4 is 25.4 Å². The topological polar surface area (TPSA) is 115 Å². The number of carbonyl (C=O) groups is 1. The lowest BCUT2D eigenvalue weighted by atomic mass is 10.3. The van der Waals surface area contributed by atoms with Crippen LogP contribution in [0.3, 0.4) is 0 Å². The Hall–Kier alpha value is -2.52. The molecule has 2 rings (SSSR count). The second-order valence-electron chi connectivity index (χ2n) is 5.23. The van der Waals surface area contributed by atoms with Gasteiger partial charge in [0.15, 0.2) is 6.61 Å². The number of nitrogens with zero attached hydrogens (tertiary/aromatic N) is 4. The van der Waals surface area contributed by atoms with Gasteiger partial charge < -0.3 is 25.4 Å². The first-order valence-corrected chi connectivity index (χ1v) is 8.27. The molecular formula is C15H18Cl2N6O3. The molecule has 1 amide bonds. The maximum Gasteiger partial charge on any atom is 0.323 e. The van der Waals surface area contributed by atoms with E-state index in [0.717, 1.165) is 0 Å². The van der Waals surface area contributed by atoms with Crippen LogP contribution in [-0.2, 0) is 4.79 Å². The number of nitrogens with two attached hydrogens (primary N) is 1. The second kappa shape index (κ2) is 9.25. The number of anilines is 2. The van der Waals surface area contributed by atoms with Gasteiger partial charge in [-0.15, -0.1) is 0 Å². The number of carbonyl (C=O) groups excluding carboxylic acids is 1. The normalized spacial score (nSPS) is 10.3. The highest BCUT2D eigenvalue weighted by Gasteiger charge is 2.08. The minimum absolute atomic E-state index is 0.0518. The molecule has 11 heteroatoms. The average Bonchev–Trinajstić information content (AvgIpc) is 2.57. The first kappa shape index (κ1) is 19.8. The summed E-state index contributed by atoms with van der Waals surface area (Å²) in [5.41, 5.74) is 5.59. The van der Waals surface area contributed by atoms with Crippen molar-refractivity contribution < 1.29 is 14.3 Å². The number of amides is 1. The Morgan fingerprint density at radius 1 is 1.23 bits per heavy atom. The van der Waals surface area contributed by atoms with Crippen molar-refractivity contribution in [2.24, 2.45) is 0 Å². The van der Waals surface area contributed by atoms with E-state index in [0.29, 0.717) is 21.7 Å². The van der Waals surface area contributed by atoms with E-state index in [-0.39, 0.29) is 37.6 Å². The van der Waals surface area contributed by atoms with Crippen LogP contribution in [0.25, 0.3) is 0 Å². The van der Waals surface area contributed by atoms with E-state index in [1.807, 2.05) is 0 Å². The van der Waals surface area contributed by atoms with E-state index in [9.17, 15) is 4.79 Å². The molecule has 0 saturated heterocycles. The summed E-state index contributed by atoms with van der Waals surface area (Å²) in [5, 5.41) is 3.45. The maximum atomic E-state index is 11.8. The Kier molecular flexibility index (Phi) is 7.05. The van der Waals surface area contributed by atoms with Crippen molar-refractivity contribution >= 4 is 41.0 Å². The third-order valence-corrected chi connectivity index (χ3v) is 3.46. The van der Waals surface area contributed by atoms with Crippen molar-refractivity contribution in [1.29, 1.82) is 0 Å². The van der Waals surface area contributed by atoms with E-state index in [4.69, 9.17) is 38.4 Å². The van der Waals surface area contributed by atoms with E-state index < -0.39 is 0 Å². The Morgan fingerprint density at radius 2 is 2.00 bits per heavy atom. The van der Waals surface area contributed by atoms with Gasteiger partial charge >= 0.3 is 6.01 Å². The molecular weight excluding hydrogens is 383 g/mol. The fourth-order valence-electron chi connectivity index (χ4n) is 1.74. The number of rotatable bonds is 8. The van der Waals surface area contributed by atoms with Gasteiger partial charge in [-0.05, 0) is 18.2 Å². The van der Waals surface area contributed by atoms with Gasteiger partial charge in [0.25, 0.3) is 5.91 Å². The number of hydrogen-bond donors (Lipinski definition) is 2. The summed E-state index contributed by atoms with van der Waals surface area (Å²) in [7, 11) is 3.54. The van der Waals surface area contributed by atoms with Crippen molar-refractivity contribution in [3.05, 3.63) is 28.2 Å². The van der Waals surface area contributed by atoms with Crippen molar-refractivity contribution in [3.63, 3.8) is 0 Å². The molecule has 0 aliphatic heterocycles. The molecule has 0 saturated carbocycles. The lowest BCUT2D eigenvalue weighted by Crippen LogP contribution is -2.32. The number of ether oxygens (including phenoxy) is 2. The molecule has 0 atom stereocenters. The summed E-state index contributed by atoms with van der Waals surface area (Å²) in [5.74, 6) is 0.476. The average molecular weight is 401 g/mol. The van der Waals surface area contributed by atoms with Gasteiger partial charge in [-0.2, -0.15) is 15.0 Å². The van der Waals surface area contributed by atoms with Crippen LogP contribution in [0.15, 0.2) is 18.2 Å². The van der Waals surface area contributed by atoms with Gasteiger partial charge in [0, 0.05) is 19.1 Å². The first-order chi connectivity index (χ1) is 12.3. The third-order valence-electron chi connectivity index (χ3n) is 2.93. The number of nitrogen functional groups attached to an aromatic ring is 1. The molecule has 1 heterocycles. The molecule has 0 aliphatic rings. The van der Waals surface area contributed by atoms with Crippen molar-refractivity contribution in [2.45, 2.75) is 0 Å². The third kappa shape index (κ3) is 6.08. The molecule has 26 heavy (non-hydrogen) atoms. The molecule has 1 aromatic carbocycles. The molecule has 0 fully saturated rings. The van der Waals surface area contributed by atoms with Gasteiger partial charge in [0.05, 0.1) is 11.6 Å².